The van der Waals surface area contributed by atoms with Gasteiger partial charge < -0.3 is 4.90 Å². The molecule has 1 saturated carbocycles. The number of benzene rings is 1. The highest BCUT2D eigenvalue weighted by Gasteiger charge is 2.24. The third-order valence-electron chi connectivity index (χ3n) is 3.69. The number of nitrogens with one attached hydrogen (secondary N) is 1. The monoisotopic (exact) mass is 257 g/mol. The van der Waals surface area contributed by atoms with Crippen LogP contribution in [0.5, 0.6) is 0 Å². The maximum absolute atomic E-state index is 9.15. The van der Waals surface area contributed by atoms with Crippen LogP contribution in [0.15, 0.2) is 18.2 Å². The molecule has 1 N–H and O–H groups in total. The smallest absolute Gasteiger partial charge is 0.0972 e. The Bertz CT molecular complexity index is 471. The summed E-state index contributed by atoms with van der Waals surface area (Å²) in [5.74, 6) is 0. The lowest BCUT2D eigenvalue weighted by Crippen LogP contribution is -2.33. The van der Waals surface area contributed by atoms with Gasteiger partial charge in [0.25, 0.3) is 0 Å². The van der Waals surface area contributed by atoms with E-state index in [2.05, 4.69) is 55.4 Å². The summed E-state index contributed by atoms with van der Waals surface area (Å²) in [4.78, 5) is 2.24. The Labute approximate surface area is 116 Å². The van der Waals surface area contributed by atoms with Crippen LogP contribution in [0, 0.1) is 25.2 Å². The van der Waals surface area contributed by atoms with Gasteiger partial charge in [-0.1, -0.05) is 17.7 Å². The molecule has 0 amide bonds. The molecule has 2 rings (SSSR count). The maximum Gasteiger partial charge on any atom is 0.0972 e. The van der Waals surface area contributed by atoms with Crippen LogP contribution in [-0.4, -0.2) is 25.7 Å². The van der Waals surface area contributed by atoms with Crippen molar-refractivity contribution < 1.29 is 0 Å². The Balaban J connectivity index is 1.89. The second-order valence-electron chi connectivity index (χ2n) is 5.62. The molecule has 1 aromatic rings. The summed E-state index contributed by atoms with van der Waals surface area (Å²) in [6.07, 6.45) is 3.33. The fourth-order valence-electron chi connectivity index (χ4n) is 2.40. The quantitative estimate of drug-likeness (QED) is 0.851. The summed E-state index contributed by atoms with van der Waals surface area (Å²) in [6.45, 7) is 5.16. The van der Waals surface area contributed by atoms with Crippen molar-refractivity contribution in [2.75, 3.05) is 18.5 Å². The van der Waals surface area contributed by atoms with Gasteiger partial charge in [0.15, 0.2) is 0 Å². The molecule has 19 heavy (non-hydrogen) atoms. The van der Waals surface area contributed by atoms with Crippen LogP contribution in [0.2, 0.25) is 0 Å². The standard InChI is InChI=1S/C16H23N3/c1-12-4-7-16(13(2)10-12)19(3)9-8-15(11-17)18-14-5-6-14/h4,7,10,14-15,18H,5-6,8-9H2,1-3H3. The molecule has 0 spiro atoms. The Morgan fingerprint density at radius 1 is 1.42 bits per heavy atom. The largest absolute Gasteiger partial charge is 0.374 e. The molecule has 1 aromatic carbocycles. The van der Waals surface area contributed by atoms with Crippen LogP contribution >= 0.6 is 0 Å². The zero-order valence-corrected chi connectivity index (χ0v) is 12.1. The molecule has 3 heteroatoms. The van der Waals surface area contributed by atoms with Gasteiger partial charge in [-0.25, -0.2) is 0 Å². The molecule has 0 saturated heterocycles. The lowest BCUT2D eigenvalue weighted by molar-refractivity contribution is 0.561. The van der Waals surface area contributed by atoms with E-state index in [9.17, 15) is 0 Å². The highest BCUT2D eigenvalue weighted by molar-refractivity contribution is 5.53. The van der Waals surface area contributed by atoms with Gasteiger partial charge in [-0.05, 0) is 44.7 Å². The Kier molecular flexibility index (Phi) is 4.44. The first-order chi connectivity index (χ1) is 9.10. The third-order valence-corrected chi connectivity index (χ3v) is 3.69. The Morgan fingerprint density at radius 2 is 2.16 bits per heavy atom. The normalized spacial score (nSPS) is 15.9. The second kappa shape index (κ2) is 6.08. The van der Waals surface area contributed by atoms with Crippen LogP contribution in [-0.2, 0) is 0 Å². The van der Waals surface area contributed by atoms with E-state index in [0.717, 1.165) is 13.0 Å². The summed E-state index contributed by atoms with van der Waals surface area (Å²) >= 11 is 0. The number of hydrogen-bond donors (Lipinski definition) is 1. The van der Waals surface area contributed by atoms with Crippen LogP contribution < -0.4 is 10.2 Å². The van der Waals surface area contributed by atoms with Crippen molar-refractivity contribution in [3.8, 4) is 6.07 Å². The fourth-order valence-corrected chi connectivity index (χ4v) is 2.40. The van der Waals surface area contributed by atoms with E-state index in [1.165, 1.54) is 29.7 Å². The summed E-state index contributed by atoms with van der Waals surface area (Å²) < 4.78 is 0. The molecule has 1 fully saturated rings. The number of rotatable bonds is 6. The highest BCUT2D eigenvalue weighted by atomic mass is 15.1. The van der Waals surface area contributed by atoms with Crippen molar-refractivity contribution in [1.82, 2.24) is 5.32 Å². The van der Waals surface area contributed by atoms with Crippen molar-refractivity contribution in [3.63, 3.8) is 0 Å². The third kappa shape index (κ3) is 3.97. The average Bonchev–Trinajstić information content (AvgIpc) is 3.18. The number of hydrogen-bond acceptors (Lipinski definition) is 3. The minimum atomic E-state index is -0.0132. The summed E-state index contributed by atoms with van der Waals surface area (Å²) in [6, 6.07) is 9.46. The number of anilines is 1. The molecule has 0 aliphatic heterocycles. The molecular formula is C16H23N3. The zero-order chi connectivity index (χ0) is 13.8. The first-order valence-electron chi connectivity index (χ1n) is 7.04. The molecule has 102 valence electrons. The second-order valence-corrected chi connectivity index (χ2v) is 5.62. The van der Waals surface area contributed by atoms with Crippen LogP contribution in [0.3, 0.4) is 0 Å². The predicted octanol–water partition coefficient (Wildman–Crippen LogP) is 2.77. The molecule has 1 atom stereocenters. The molecule has 1 aliphatic rings. The van der Waals surface area contributed by atoms with Gasteiger partial charge in [0, 0.05) is 25.3 Å². The van der Waals surface area contributed by atoms with E-state index in [1.54, 1.807) is 0 Å². The van der Waals surface area contributed by atoms with Gasteiger partial charge in [0.1, 0.15) is 0 Å². The van der Waals surface area contributed by atoms with E-state index in [0.29, 0.717) is 6.04 Å². The molecule has 0 heterocycles. The lowest BCUT2D eigenvalue weighted by atomic mass is 10.1. The maximum atomic E-state index is 9.15. The number of nitrogens with zero attached hydrogens (tertiary/aromatic N) is 2. The molecule has 3 nitrogen and oxygen atoms in total. The fraction of sp³-hybridized carbons (Fsp3) is 0.562. The first-order valence-corrected chi connectivity index (χ1v) is 7.04. The summed E-state index contributed by atoms with van der Waals surface area (Å²) in [7, 11) is 2.10. The molecule has 0 aromatic heterocycles. The highest BCUT2D eigenvalue weighted by Crippen LogP contribution is 2.22. The van der Waals surface area contributed by atoms with Crippen LogP contribution in [0.4, 0.5) is 5.69 Å². The zero-order valence-electron chi connectivity index (χ0n) is 12.1. The van der Waals surface area contributed by atoms with Crippen LogP contribution in [0.25, 0.3) is 0 Å². The van der Waals surface area contributed by atoms with E-state index in [1.807, 2.05) is 0 Å². The molecular weight excluding hydrogens is 234 g/mol. The summed E-state index contributed by atoms with van der Waals surface area (Å²) in [5.41, 5.74) is 3.85. The van der Waals surface area contributed by atoms with Gasteiger partial charge in [-0.3, -0.25) is 5.32 Å². The SMILES string of the molecule is Cc1ccc(N(C)CCC(C#N)NC2CC2)c(C)c1. The van der Waals surface area contributed by atoms with E-state index >= 15 is 0 Å². The van der Waals surface area contributed by atoms with Crippen LogP contribution in [0.1, 0.15) is 30.4 Å². The van der Waals surface area contributed by atoms with Crippen molar-refractivity contribution in [1.29, 1.82) is 5.26 Å². The minimum absolute atomic E-state index is 0.0132. The van der Waals surface area contributed by atoms with Crippen molar-refractivity contribution in [2.45, 2.75) is 45.2 Å². The van der Waals surface area contributed by atoms with Gasteiger partial charge in [0.05, 0.1) is 12.1 Å². The lowest BCUT2D eigenvalue weighted by Gasteiger charge is -2.23. The van der Waals surface area contributed by atoms with E-state index in [4.69, 9.17) is 5.26 Å². The van der Waals surface area contributed by atoms with Gasteiger partial charge in [-0.2, -0.15) is 5.26 Å². The van der Waals surface area contributed by atoms with Gasteiger partial charge in [0.2, 0.25) is 0 Å². The minimum Gasteiger partial charge on any atom is -0.374 e. The Morgan fingerprint density at radius 3 is 2.74 bits per heavy atom. The molecule has 0 bridgehead atoms. The Hall–Kier alpha value is -1.53. The van der Waals surface area contributed by atoms with Gasteiger partial charge in [-0.15, -0.1) is 0 Å². The van der Waals surface area contributed by atoms with E-state index in [-0.39, 0.29) is 6.04 Å². The summed E-state index contributed by atoms with van der Waals surface area (Å²) in [5, 5.41) is 12.5. The average molecular weight is 257 g/mol. The van der Waals surface area contributed by atoms with Crippen molar-refractivity contribution >= 4 is 5.69 Å². The van der Waals surface area contributed by atoms with Crippen molar-refractivity contribution in [2.24, 2.45) is 0 Å². The first kappa shape index (κ1) is 13.9. The number of aryl methyl sites for hydroxylation is 2. The number of nitriles is 1. The predicted molar refractivity (Wildman–Crippen MR) is 79.4 cm³/mol. The molecule has 1 aliphatic carbocycles. The topological polar surface area (TPSA) is 39.1 Å². The van der Waals surface area contributed by atoms with Gasteiger partial charge >= 0.3 is 0 Å². The van der Waals surface area contributed by atoms with Crippen molar-refractivity contribution in [3.05, 3.63) is 29.3 Å². The molecule has 0 radical (unpaired) electrons. The molecule has 1 unspecified atom stereocenters. The van der Waals surface area contributed by atoms with E-state index < -0.39 is 0 Å².